The van der Waals surface area contributed by atoms with Crippen LogP contribution in [0, 0.1) is 11.3 Å². The van der Waals surface area contributed by atoms with Gasteiger partial charge in [-0.2, -0.15) is 17.0 Å². The van der Waals surface area contributed by atoms with Crippen LogP contribution in [0.2, 0.25) is 0 Å². The molecular weight excluding hydrogens is 312 g/mol. The summed E-state index contributed by atoms with van der Waals surface area (Å²) < 4.78 is 4.88. The minimum atomic E-state index is -0.336. The van der Waals surface area contributed by atoms with Gasteiger partial charge in [0.25, 0.3) is 5.91 Å². The van der Waals surface area contributed by atoms with E-state index in [-0.39, 0.29) is 31.3 Å². The summed E-state index contributed by atoms with van der Waals surface area (Å²) in [5.41, 5.74) is 1.72. The maximum Gasteiger partial charge on any atom is 0.307 e. The molecule has 0 aliphatic heterocycles. The smallest absolute Gasteiger partial charge is 0.307 e. The standard InChI is InChI=1S/C17H22N2O3S/c1-3-22-16(20)9-12-19(11-4-10-18)17(21)15-7-5-14(6-8-15)13-23-2/h5-8H,3-4,9,11-13H2,1-2H3. The zero-order chi connectivity index (χ0) is 17.1. The van der Waals surface area contributed by atoms with E-state index in [1.165, 1.54) is 4.90 Å². The Kier molecular flexibility index (Phi) is 8.85. The summed E-state index contributed by atoms with van der Waals surface area (Å²) in [4.78, 5) is 25.6. The number of benzene rings is 1. The molecule has 1 amide bonds. The highest BCUT2D eigenvalue weighted by atomic mass is 32.2. The molecule has 0 N–H and O–H groups in total. The molecule has 124 valence electrons. The number of thioether (sulfide) groups is 1. The summed E-state index contributed by atoms with van der Waals surface area (Å²) in [5.74, 6) is 0.396. The highest BCUT2D eigenvalue weighted by Gasteiger charge is 2.17. The second-order valence-electron chi connectivity index (χ2n) is 4.89. The molecule has 0 fully saturated rings. The van der Waals surface area contributed by atoms with Crippen molar-refractivity contribution in [3.63, 3.8) is 0 Å². The first-order chi connectivity index (χ1) is 11.1. The quantitative estimate of drug-likeness (QED) is 0.649. The second kappa shape index (κ2) is 10.7. The summed E-state index contributed by atoms with van der Waals surface area (Å²) in [6.07, 6.45) is 2.40. The summed E-state index contributed by atoms with van der Waals surface area (Å²) in [7, 11) is 0. The Hall–Kier alpha value is -2.00. The molecule has 0 saturated carbocycles. The van der Waals surface area contributed by atoms with Gasteiger partial charge in [-0.15, -0.1) is 0 Å². The van der Waals surface area contributed by atoms with Gasteiger partial charge in [-0.05, 0) is 30.9 Å². The maximum absolute atomic E-state index is 12.5. The van der Waals surface area contributed by atoms with Crippen LogP contribution in [0.15, 0.2) is 24.3 Å². The van der Waals surface area contributed by atoms with Crippen LogP contribution in [0.1, 0.15) is 35.7 Å². The van der Waals surface area contributed by atoms with E-state index in [1.807, 2.05) is 24.5 Å². The molecule has 1 aromatic carbocycles. The van der Waals surface area contributed by atoms with Crippen molar-refractivity contribution < 1.29 is 14.3 Å². The SMILES string of the molecule is CCOC(=O)CCN(CCC#N)C(=O)c1ccc(CSC)cc1. The summed E-state index contributed by atoms with van der Waals surface area (Å²) in [6, 6.07) is 9.47. The lowest BCUT2D eigenvalue weighted by atomic mass is 10.1. The highest BCUT2D eigenvalue weighted by Crippen LogP contribution is 2.13. The van der Waals surface area contributed by atoms with E-state index in [2.05, 4.69) is 0 Å². The fourth-order valence-electron chi connectivity index (χ4n) is 2.05. The Morgan fingerprint density at radius 1 is 1.26 bits per heavy atom. The molecule has 0 aromatic heterocycles. The Labute approximate surface area is 141 Å². The van der Waals surface area contributed by atoms with E-state index < -0.39 is 0 Å². The molecule has 0 aliphatic rings. The monoisotopic (exact) mass is 334 g/mol. The molecule has 0 spiro atoms. The van der Waals surface area contributed by atoms with Gasteiger partial charge in [-0.1, -0.05) is 12.1 Å². The molecule has 0 atom stereocenters. The third-order valence-corrected chi connectivity index (χ3v) is 3.81. The van der Waals surface area contributed by atoms with Gasteiger partial charge < -0.3 is 9.64 Å². The van der Waals surface area contributed by atoms with Gasteiger partial charge in [0.15, 0.2) is 0 Å². The van der Waals surface area contributed by atoms with Crippen LogP contribution in [0.25, 0.3) is 0 Å². The number of amides is 1. The zero-order valence-corrected chi connectivity index (χ0v) is 14.4. The number of hydrogen-bond acceptors (Lipinski definition) is 5. The molecule has 0 heterocycles. The van der Waals surface area contributed by atoms with Gasteiger partial charge in [0, 0.05) is 24.4 Å². The third-order valence-electron chi connectivity index (χ3n) is 3.18. The van der Waals surface area contributed by atoms with Crippen molar-refractivity contribution in [1.29, 1.82) is 5.26 Å². The molecule has 0 unspecified atom stereocenters. The van der Waals surface area contributed by atoms with Crippen LogP contribution >= 0.6 is 11.8 Å². The molecule has 0 radical (unpaired) electrons. The Balaban J connectivity index is 2.73. The number of ether oxygens (including phenoxy) is 1. The van der Waals surface area contributed by atoms with E-state index in [4.69, 9.17) is 10.00 Å². The minimum absolute atomic E-state index is 0.134. The Morgan fingerprint density at radius 3 is 2.52 bits per heavy atom. The first-order valence-electron chi connectivity index (χ1n) is 7.52. The van der Waals surface area contributed by atoms with Crippen LogP contribution in [-0.2, 0) is 15.3 Å². The molecule has 5 nitrogen and oxygen atoms in total. The lowest BCUT2D eigenvalue weighted by Crippen LogP contribution is -2.34. The topological polar surface area (TPSA) is 70.4 Å². The predicted molar refractivity (Wildman–Crippen MR) is 91.0 cm³/mol. The van der Waals surface area contributed by atoms with Crippen molar-refractivity contribution in [2.24, 2.45) is 0 Å². The number of rotatable bonds is 9. The minimum Gasteiger partial charge on any atom is -0.466 e. The largest absolute Gasteiger partial charge is 0.466 e. The molecule has 0 bridgehead atoms. The van der Waals surface area contributed by atoms with Gasteiger partial charge in [0.1, 0.15) is 0 Å². The van der Waals surface area contributed by atoms with Gasteiger partial charge >= 0.3 is 5.97 Å². The van der Waals surface area contributed by atoms with Crippen molar-refractivity contribution in [2.45, 2.75) is 25.5 Å². The average Bonchev–Trinajstić information content (AvgIpc) is 2.56. The summed E-state index contributed by atoms with van der Waals surface area (Å²) >= 11 is 1.72. The Bertz CT molecular complexity index is 552. The second-order valence-corrected chi connectivity index (χ2v) is 5.75. The van der Waals surface area contributed by atoms with Gasteiger partial charge in [0.05, 0.1) is 25.5 Å². The molecule has 1 aromatic rings. The predicted octanol–water partition coefficient (Wildman–Crippen LogP) is 2.86. The lowest BCUT2D eigenvalue weighted by molar-refractivity contribution is -0.143. The number of hydrogen-bond donors (Lipinski definition) is 0. The maximum atomic E-state index is 12.5. The molecule has 0 aliphatic carbocycles. The lowest BCUT2D eigenvalue weighted by Gasteiger charge is -2.21. The van der Waals surface area contributed by atoms with Crippen LogP contribution in [0.3, 0.4) is 0 Å². The molecule has 23 heavy (non-hydrogen) atoms. The van der Waals surface area contributed by atoms with Crippen LogP contribution < -0.4 is 0 Å². The van der Waals surface area contributed by atoms with Crippen molar-refractivity contribution in [3.05, 3.63) is 35.4 Å². The number of esters is 1. The molecule has 0 saturated heterocycles. The molecule has 1 rings (SSSR count). The van der Waals surface area contributed by atoms with Crippen LogP contribution in [0.5, 0.6) is 0 Å². The third kappa shape index (κ3) is 6.74. The van der Waals surface area contributed by atoms with Crippen LogP contribution in [0.4, 0.5) is 0 Å². The highest BCUT2D eigenvalue weighted by molar-refractivity contribution is 7.97. The number of carbonyl (C=O) groups is 2. The first kappa shape index (κ1) is 19.0. The Morgan fingerprint density at radius 2 is 1.96 bits per heavy atom. The molecule has 6 heteroatoms. The van der Waals surface area contributed by atoms with Gasteiger partial charge in [-0.25, -0.2) is 0 Å². The summed E-state index contributed by atoms with van der Waals surface area (Å²) in [6.45, 7) is 2.63. The van der Waals surface area contributed by atoms with Gasteiger partial charge in [-0.3, -0.25) is 9.59 Å². The van der Waals surface area contributed by atoms with Gasteiger partial charge in [0.2, 0.25) is 0 Å². The van der Waals surface area contributed by atoms with Crippen molar-refractivity contribution >= 4 is 23.6 Å². The van der Waals surface area contributed by atoms with E-state index in [0.717, 1.165) is 11.3 Å². The van der Waals surface area contributed by atoms with E-state index in [1.54, 1.807) is 30.8 Å². The normalized spacial score (nSPS) is 9.96. The first-order valence-corrected chi connectivity index (χ1v) is 8.91. The average molecular weight is 334 g/mol. The fraction of sp³-hybridized carbons (Fsp3) is 0.471. The van der Waals surface area contributed by atoms with E-state index in [9.17, 15) is 9.59 Å². The number of nitrogens with zero attached hydrogens (tertiary/aromatic N) is 2. The van der Waals surface area contributed by atoms with E-state index in [0.29, 0.717) is 18.7 Å². The summed E-state index contributed by atoms with van der Waals surface area (Å²) in [5, 5.41) is 8.74. The van der Waals surface area contributed by atoms with E-state index >= 15 is 0 Å². The zero-order valence-electron chi connectivity index (χ0n) is 13.6. The van der Waals surface area contributed by atoms with Crippen molar-refractivity contribution in [1.82, 2.24) is 4.90 Å². The number of carbonyl (C=O) groups excluding carboxylic acids is 2. The van der Waals surface area contributed by atoms with Crippen molar-refractivity contribution in [2.75, 3.05) is 26.0 Å². The van der Waals surface area contributed by atoms with Crippen LogP contribution in [-0.4, -0.2) is 42.7 Å². The fourth-order valence-corrected chi connectivity index (χ4v) is 2.58. The molecular formula is C17H22N2O3S. The number of nitriles is 1. The van der Waals surface area contributed by atoms with Crippen molar-refractivity contribution in [3.8, 4) is 6.07 Å².